The van der Waals surface area contributed by atoms with Gasteiger partial charge in [0.2, 0.25) is 10.0 Å². The molecule has 1 fully saturated rings. The van der Waals surface area contributed by atoms with Gasteiger partial charge in [0.15, 0.2) is 0 Å². The molecule has 1 aromatic rings. The SMILES string of the molecule is COCC1CCN(S(=O)(=O)c2ccc(C)cc2Br)CC1. The van der Waals surface area contributed by atoms with Crippen LogP contribution in [0.25, 0.3) is 0 Å². The van der Waals surface area contributed by atoms with E-state index >= 15 is 0 Å². The Morgan fingerprint density at radius 1 is 1.35 bits per heavy atom. The monoisotopic (exact) mass is 361 g/mol. The Bertz CT molecular complexity index is 566. The van der Waals surface area contributed by atoms with E-state index in [0.717, 1.165) is 18.4 Å². The molecule has 20 heavy (non-hydrogen) atoms. The molecule has 4 nitrogen and oxygen atoms in total. The van der Waals surface area contributed by atoms with Gasteiger partial charge in [-0.05, 0) is 59.3 Å². The molecule has 0 amide bonds. The van der Waals surface area contributed by atoms with Crippen molar-refractivity contribution in [2.45, 2.75) is 24.7 Å². The molecule has 1 aromatic carbocycles. The molecule has 2 rings (SSSR count). The number of piperidine rings is 1. The summed E-state index contributed by atoms with van der Waals surface area (Å²) < 4.78 is 32.7. The average Bonchev–Trinajstić information content (AvgIpc) is 2.39. The zero-order chi connectivity index (χ0) is 14.8. The van der Waals surface area contributed by atoms with Crippen molar-refractivity contribution in [3.05, 3.63) is 28.2 Å². The van der Waals surface area contributed by atoms with Crippen molar-refractivity contribution < 1.29 is 13.2 Å². The molecule has 1 aliphatic rings. The summed E-state index contributed by atoms with van der Waals surface area (Å²) >= 11 is 3.36. The zero-order valence-electron chi connectivity index (χ0n) is 11.8. The summed E-state index contributed by atoms with van der Waals surface area (Å²) in [5.74, 6) is 0.466. The minimum Gasteiger partial charge on any atom is -0.384 e. The number of methoxy groups -OCH3 is 1. The lowest BCUT2D eigenvalue weighted by molar-refractivity contribution is 0.121. The fourth-order valence-electron chi connectivity index (χ4n) is 2.51. The van der Waals surface area contributed by atoms with Gasteiger partial charge in [0, 0.05) is 31.3 Å². The minimum absolute atomic E-state index is 0.355. The Kier molecular flexibility index (Phi) is 5.23. The van der Waals surface area contributed by atoms with Crippen molar-refractivity contribution in [2.75, 3.05) is 26.8 Å². The molecule has 0 radical (unpaired) electrons. The Morgan fingerprint density at radius 3 is 2.55 bits per heavy atom. The average molecular weight is 362 g/mol. The van der Waals surface area contributed by atoms with Crippen LogP contribution in [-0.2, 0) is 14.8 Å². The molecule has 0 aliphatic carbocycles. The fourth-order valence-corrected chi connectivity index (χ4v) is 5.13. The third-order valence-corrected chi connectivity index (χ3v) is 6.56. The van der Waals surface area contributed by atoms with Crippen molar-refractivity contribution in [1.29, 1.82) is 0 Å². The Labute approximate surface area is 129 Å². The fraction of sp³-hybridized carbons (Fsp3) is 0.571. The first kappa shape index (κ1) is 15.9. The first-order chi connectivity index (χ1) is 9.45. The predicted molar refractivity (Wildman–Crippen MR) is 82.2 cm³/mol. The molecule has 0 aromatic heterocycles. The van der Waals surface area contributed by atoms with Gasteiger partial charge >= 0.3 is 0 Å². The van der Waals surface area contributed by atoms with Gasteiger partial charge in [0.1, 0.15) is 0 Å². The van der Waals surface area contributed by atoms with E-state index in [4.69, 9.17) is 4.74 Å². The lowest BCUT2D eigenvalue weighted by Gasteiger charge is -2.31. The smallest absolute Gasteiger partial charge is 0.244 e. The van der Waals surface area contributed by atoms with Crippen LogP contribution in [0.4, 0.5) is 0 Å². The van der Waals surface area contributed by atoms with E-state index in [-0.39, 0.29) is 0 Å². The topological polar surface area (TPSA) is 46.6 Å². The molecular formula is C14H20BrNO3S. The van der Waals surface area contributed by atoms with Crippen LogP contribution in [0.15, 0.2) is 27.6 Å². The van der Waals surface area contributed by atoms with Crippen LogP contribution >= 0.6 is 15.9 Å². The second-order valence-corrected chi connectivity index (χ2v) is 8.00. The number of hydrogen-bond donors (Lipinski definition) is 0. The van der Waals surface area contributed by atoms with Crippen molar-refractivity contribution in [3.63, 3.8) is 0 Å². The molecule has 6 heteroatoms. The van der Waals surface area contributed by atoms with Crippen molar-refractivity contribution >= 4 is 26.0 Å². The highest BCUT2D eigenvalue weighted by atomic mass is 79.9. The summed E-state index contributed by atoms with van der Waals surface area (Å²) in [4.78, 5) is 0.355. The molecule has 0 unspecified atom stereocenters. The number of hydrogen-bond acceptors (Lipinski definition) is 3. The van der Waals surface area contributed by atoms with E-state index in [1.54, 1.807) is 17.5 Å². The summed E-state index contributed by atoms with van der Waals surface area (Å²) in [5.41, 5.74) is 1.04. The maximum absolute atomic E-state index is 12.6. The predicted octanol–water partition coefficient (Wildman–Crippen LogP) is 2.80. The van der Waals surface area contributed by atoms with Gasteiger partial charge in [-0.3, -0.25) is 0 Å². The Hall–Kier alpha value is -0.430. The number of aryl methyl sites for hydroxylation is 1. The Morgan fingerprint density at radius 2 is 2.00 bits per heavy atom. The number of benzene rings is 1. The minimum atomic E-state index is -3.40. The highest BCUT2D eigenvalue weighted by Crippen LogP contribution is 2.29. The summed E-state index contributed by atoms with van der Waals surface area (Å²) in [6.45, 7) is 3.78. The van der Waals surface area contributed by atoms with Gasteiger partial charge in [-0.2, -0.15) is 4.31 Å². The molecule has 112 valence electrons. The van der Waals surface area contributed by atoms with E-state index in [9.17, 15) is 8.42 Å². The van der Waals surface area contributed by atoms with Crippen molar-refractivity contribution in [2.24, 2.45) is 5.92 Å². The van der Waals surface area contributed by atoms with Crippen molar-refractivity contribution in [3.8, 4) is 0 Å². The van der Waals surface area contributed by atoms with Crippen LogP contribution in [0.3, 0.4) is 0 Å². The molecule has 1 heterocycles. The van der Waals surface area contributed by atoms with E-state index in [1.807, 2.05) is 19.1 Å². The maximum Gasteiger partial charge on any atom is 0.244 e. The van der Waals surface area contributed by atoms with Crippen LogP contribution in [0, 0.1) is 12.8 Å². The van der Waals surface area contributed by atoms with E-state index in [0.29, 0.717) is 35.0 Å². The van der Waals surface area contributed by atoms with Crippen LogP contribution < -0.4 is 0 Å². The third kappa shape index (κ3) is 3.42. The molecule has 0 atom stereocenters. The van der Waals surface area contributed by atoms with Gasteiger partial charge in [0.25, 0.3) is 0 Å². The largest absolute Gasteiger partial charge is 0.384 e. The van der Waals surface area contributed by atoms with Crippen LogP contribution in [0.2, 0.25) is 0 Å². The highest BCUT2D eigenvalue weighted by molar-refractivity contribution is 9.10. The van der Waals surface area contributed by atoms with E-state index in [2.05, 4.69) is 15.9 Å². The first-order valence-electron chi connectivity index (χ1n) is 6.70. The second-order valence-electron chi connectivity index (χ2n) is 5.24. The van der Waals surface area contributed by atoms with Crippen LogP contribution in [-0.4, -0.2) is 39.5 Å². The standard InChI is InChI=1S/C14H20BrNO3S/c1-11-3-4-14(13(15)9-11)20(17,18)16-7-5-12(6-8-16)10-19-2/h3-4,9,12H,5-8,10H2,1-2H3. The maximum atomic E-state index is 12.6. The Balaban J connectivity index is 2.15. The van der Waals surface area contributed by atoms with Gasteiger partial charge in [-0.1, -0.05) is 6.07 Å². The first-order valence-corrected chi connectivity index (χ1v) is 8.93. The van der Waals surface area contributed by atoms with Gasteiger partial charge in [0.05, 0.1) is 4.90 Å². The highest BCUT2D eigenvalue weighted by Gasteiger charge is 2.30. The normalized spacial score (nSPS) is 18.4. The van der Waals surface area contributed by atoms with E-state index < -0.39 is 10.0 Å². The molecule has 0 spiro atoms. The summed E-state index contributed by atoms with van der Waals surface area (Å²) in [7, 11) is -1.72. The summed E-state index contributed by atoms with van der Waals surface area (Å²) in [6.07, 6.45) is 1.72. The van der Waals surface area contributed by atoms with E-state index in [1.165, 1.54) is 0 Å². The number of nitrogens with zero attached hydrogens (tertiary/aromatic N) is 1. The number of halogens is 1. The van der Waals surface area contributed by atoms with Crippen LogP contribution in [0.1, 0.15) is 18.4 Å². The number of rotatable bonds is 4. The van der Waals surface area contributed by atoms with Gasteiger partial charge in [-0.15, -0.1) is 0 Å². The molecular weight excluding hydrogens is 342 g/mol. The zero-order valence-corrected chi connectivity index (χ0v) is 14.2. The quantitative estimate of drug-likeness (QED) is 0.828. The third-order valence-electron chi connectivity index (χ3n) is 3.68. The summed E-state index contributed by atoms with van der Waals surface area (Å²) in [6, 6.07) is 5.34. The lowest BCUT2D eigenvalue weighted by Crippen LogP contribution is -2.39. The van der Waals surface area contributed by atoms with Gasteiger partial charge < -0.3 is 4.74 Å². The molecule has 1 aliphatic heterocycles. The van der Waals surface area contributed by atoms with Crippen molar-refractivity contribution in [1.82, 2.24) is 4.31 Å². The summed E-state index contributed by atoms with van der Waals surface area (Å²) in [5, 5.41) is 0. The van der Waals surface area contributed by atoms with Gasteiger partial charge in [-0.25, -0.2) is 8.42 Å². The second kappa shape index (κ2) is 6.56. The number of sulfonamides is 1. The molecule has 0 N–H and O–H groups in total. The molecule has 0 bridgehead atoms. The molecule has 0 saturated carbocycles. The van der Waals surface area contributed by atoms with Crippen LogP contribution in [0.5, 0.6) is 0 Å². The molecule has 1 saturated heterocycles. The number of ether oxygens (including phenoxy) is 1. The lowest BCUT2D eigenvalue weighted by atomic mass is 9.99.